The number of benzene rings is 1. The van der Waals surface area contributed by atoms with Crippen LogP contribution >= 0.6 is 0 Å². The average molecular weight is 644 g/mol. The van der Waals surface area contributed by atoms with E-state index in [9.17, 15) is 24.3 Å². The number of hydrogen-bond acceptors (Lipinski definition) is 9. The van der Waals surface area contributed by atoms with Crippen molar-refractivity contribution >= 4 is 23.3 Å². The van der Waals surface area contributed by atoms with Gasteiger partial charge in [0.05, 0.1) is 29.1 Å². The molecule has 0 spiro atoms. The summed E-state index contributed by atoms with van der Waals surface area (Å²) >= 11 is 0. The quantitative estimate of drug-likeness (QED) is 0.284. The second-order valence-electron chi connectivity index (χ2n) is 13.0. The normalized spacial score (nSPS) is 14.4. The van der Waals surface area contributed by atoms with E-state index in [0.29, 0.717) is 60.0 Å². The zero-order chi connectivity index (χ0) is 33.9. The minimum Gasteiger partial charge on any atom is -0.489 e. The Bertz CT molecular complexity index is 1780. The van der Waals surface area contributed by atoms with E-state index in [4.69, 9.17) is 14.5 Å². The number of carbonyl (C=O) groups is 2. The van der Waals surface area contributed by atoms with Gasteiger partial charge >= 0.3 is 6.09 Å². The monoisotopic (exact) mass is 643 g/mol. The summed E-state index contributed by atoms with van der Waals surface area (Å²) in [6.07, 6.45) is 4.13. The fourth-order valence-corrected chi connectivity index (χ4v) is 5.18. The minimum absolute atomic E-state index is 0.0672. The number of aliphatic hydroxyl groups is 1. The van der Waals surface area contributed by atoms with Gasteiger partial charge in [-0.3, -0.25) is 4.79 Å². The largest absolute Gasteiger partial charge is 0.489 e. The molecule has 5 rings (SSSR count). The standard InChI is InChI=1S/C34H38FN7O5/c1-33(2,3)47-32(44)39-29(22-6-9-25(35)10-7-22)31(43)41-14-12-40(13-15-41)28-11-8-23(18-37-28)27-16-26(46-21-34(4,5)45)20-42-30(27)24(17-36)19-38-42/h6-11,16,18-20,29,45H,12-15,21H2,1-5H3,(H,39,44). The smallest absolute Gasteiger partial charge is 0.408 e. The SMILES string of the molecule is CC(C)(O)COc1cc(-c2ccc(N3CCN(C(=O)C(NC(=O)OC(C)(C)C)c4ccc(F)cc4)CC3)nc2)c2c(C#N)cnn2c1. The van der Waals surface area contributed by atoms with Crippen molar-refractivity contribution in [3.63, 3.8) is 0 Å². The number of pyridine rings is 2. The number of ether oxygens (including phenoxy) is 2. The molecule has 0 bridgehead atoms. The molecule has 1 atom stereocenters. The number of fused-ring (bicyclic) bond motifs is 1. The number of hydrogen-bond donors (Lipinski definition) is 2. The molecule has 4 aromatic rings. The van der Waals surface area contributed by atoms with Crippen LogP contribution in [0.1, 0.15) is 51.8 Å². The highest BCUT2D eigenvalue weighted by molar-refractivity contribution is 5.87. The summed E-state index contributed by atoms with van der Waals surface area (Å²) in [6, 6.07) is 12.2. The van der Waals surface area contributed by atoms with Crippen molar-refractivity contribution < 1.29 is 28.6 Å². The number of nitriles is 1. The van der Waals surface area contributed by atoms with Crippen LogP contribution in [0, 0.1) is 17.1 Å². The van der Waals surface area contributed by atoms with Gasteiger partial charge < -0.3 is 29.7 Å². The summed E-state index contributed by atoms with van der Waals surface area (Å²) in [5.74, 6) is 0.418. The zero-order valence-electron chi connectivity index (χ0n) is 27.0. The van der Waals surface area contributed by atoms with Crippen molar-refractivity contribution in [2.45, 2.75) is 51.9 Å². The second kappa shape index (κ2) is 13.3. The molecule has 0 saturated carbocycles. The van der Waals surface area contributed by atoms with Gasteiger partial charge in [-0.2, -0.15) is 10.4 Å². The average Bonchev–Trinajstić information content (AvgIpc) is 3.45. The number of piperazine rings is 1. The van der Waals surface area contributed by atoms with Gasteiger partial charge in [-0.25, -0.2) is 18.7 Å². The topological polar surface area (TPSA) is 145 Å². The number of carbonyl (C=O) groups excluding carboxylic acids is 2. The van der Waals surface area contributed by atoms with E-state index in [1.54, 1.807) is 62.5 Å². The van der Waals surface area contributed by atoms with Crippen LogP contribution in [-0.4, -0.2) is 80.6 Å². The highest BCUT2D eigenvalue weighted by Gasteiger charge is 2.32. The molecule has 1 fully saturated rings. The second-order valence-corrected chi connectivity index (χ2v) is 13.0. The van der Waals surface area contributed by atoms with Gasteiger partial charge in [0.25, 0.3) is 0 Å². The molecule has 0 radical (unpaired) electrons. The van der Waals surface area contributed by atoms with Crippen LogP contribution in [0.15, 0.2) is 61.1 Å². The van der Waals surface area contributed by atoms with E-state index in [-0.39, 0.29) is 12.5 Å². The Morgan fingerprint density at radius 1 is 1.06 bits per heavy atom. The number of aromatic nitrogens is 3. The Hall–Kier alpha value is -5.22. The van der Waals surface area contributed by atoms with Crippen molar-refractivity contribution in [2.75, 3.05) is 37.7 Å². The Kier molecular flexibility index (Phi) is 9.35. The number of anilines is 1. The van der Waals surface area contributed by atoms with Gasteiger partial charge in [-0.05, 0) is 70.5 Å². The molecule has 1 saturated heterocycles. The lowest BCUT2D eigenvalue weighted by Gasteiger charge is -2.37. The van der Waals surface area contributed by atoms with Crippen LogP contribution < -0.4 is 15.0 Å². The van der Waals surface area contributed by atoms with Crippen molar-refractivity contribution in [1.82, 2.24) is 24.8 Å². The maximum absolute atomic E-state index is 13.7. The summed E-state index contributed by atoms with van der Waals surface area (Å²) in [5, 5.41) is 26.8. The third-order valence-corrected chi connectivity index (χ3v) is 7.38. The van der Waals surface area contributed by atoms with Crippen LogP contribution in [0.5, 0.6) is 5.75 Å². The Balaban J connectivity index is 1.30. The van der Waals surface area contributed by atoms with Crippen LogP contribution in [-0.2, 0) is 9.53 Å². The zero-order valence-corrected chi connectivity index (χ0v) is 27.0. The Labute approximate surface area is 272 Å². The van der Waals surface area contributed by atoms with Crippen molar-refractivity contribution in [3.05, 3.63) is 78.0 Å². The highest BCUT2D eigenvalue weighted by Crippen LogP contribution is 2.32. The minimum atomic E-state index is -1.05. The van der Waals surface area contributed by atoms with E-state index < -0.39 is 29.2 Å². The molecular weight excluding hydrogens is 605 g/mol. The lowest BCUT2D eigenvalue weighted by molar-refractivity contribution is -0.134. The number of nitrogens with zero attached hydrogens (tertiary/aromatic N) is 6. The van der Waals surface area contributed by atoms with Crippen molar-refractivity contribution in [1.29, 1.82) is 5.26 Å². The summed E-state index contributed by atoms with van der Waals surface area (Å²) in [4.78, 5) is 34.7. The molecule has 2 N–H and O–H groups in total. The van der Waals surface area contributed by atoms with Gasteiger partial charge in [0.2, 0.25) is 5.91 Å². The maximum Gasteiger partial charge on any atom is 0.408 e. The first-order valence-electron chi connectivity index (χ1n) is 15.2. The van der Waals surface area contributed by atoms with Crippen LogP contribution in [0.2, 0.25) is 0 Å². The number of rotatable bonds is 8. The third kappa shape index (κ3) is 8.14. The lowest BCUT2D eigenvalue weighted by Crippen LogP contribution is -2.52. The third-order valence-electron chi connectivity index (χ3n) is 7.38. The van der Waals surface area contributed by atoms with Crippen molar-refractivity contribution in [3.8, 4) is 22.9 Å². The molecule has 4 heterocycles. The van der Waals surface area contributed by atoms with Gasteiger partial charge in [-0.15, -0.1) is 0 Å². The predicted octanol–water partition coefficient (Wildman–Crippen LogP) is 4.47. The van der Waals surface area contributed by atoms with Crippen LogP contribution in [0.3, 0.4) is 0 Å². The van der Waals surface area contributed by atoms with Crippen LogP contribution in [0.4, 0.5) is 15.0 Å². The Morgan fingerprint density at radius 3 is 2.36 bits per heavy atom. The van der Waals surface area contributed by atoms with E-state index in [2.05, 4.69) is 21.4 Å². The van der Waals surface area contributed by atoms with E-state index in [1.165, 1.54) is 30.5 Å². The number of nitrogens with one attached hydrogen (secondary N) is 1. The fraction of sp³-hybridized carbons (Fsp3) is 0.382. The Morgan fingerprint density at radius 2 is 1.77 bits per heavy atom. The van der Waals surface area contributed by atoms with Gasteiger partial charge in [0.15, 0.2) is 0 Å². The molecule has 1 aliphatic rings. The maximum atomic E-state index is 13.7. The van der Waals surface area contributed by atoms with E-state index in [0.717, 1.165) is 5.56 Å². The highest BCUT2D eigenvalue weighted by atomic mass is 19.1. The molecule has 246 valence electrons. The molecule has 13 heteroatoms. The number of halogens is 1. The van der Waals surface area contributed by atoms with Crippen molar-refractivity contribution in [2.24, 2.45) is 0 Å². The van der Waals surface area contributed by atoms with Gasteiger partial charge in [0.1, 0.15) is 41.7 Å². The summed E-state index contributed by atoms with van der Waals surface area (Å²) in [6.45, 7) is 10.3. The fourth-order valence-electron chi connectivity index (χ4n) is 5.18. The first kappa shape index (κ1) is 33.2. The molecule has 1 unspecified atom stereocenters. The molecule has 3 aromatic heterocycles. The predicted molar refractivity (Wildman–Crippen MR) is 172 cm³/mol. The molecule has 0 aliphatic carbocycles. The summed E-state index contributed by atoms with van der Waals surface area (Å²) in [5.41, 5.74) is 1.11. The first-order chi connectivity index (χ1) is 22.2. The van der Waals surface area contributed by atoms with Gasteiger partial charge in [-0.1, -0.05) is 12.1 Å². The van der Waals surface area contributed by atoms with E-state index in [1.807, 2.05) is 12.1 Å². The molecular formula is C34H38FN7O5. The first-order valence-corrected chi connectivity index (χ1v) is 15.2. The molecule has 2 amide bonds. The van der Waals surface area contributed by atoms with E-state index >= 15 is 0 Å². The van der Waals surface area contributed by atoms with Gasteiger partial charge in [0, 0.05) is 43.5 Å². The summed E-state index contributed by atoms with van der Waals surface area (Å²) in [7, 11) is 0. The van der Waals surface area contributed by atoms with Crippen LogP contribution in [0.25, 0.3) is 16.6 Å². The molecule has 1 aliphatic heterocycles. The summed E-state index contributed by atoms with van der Waals surface area (Å²) < 4.78 is 26.4. The number of amides is 2. The number of alkyl carbamates (subject to hydrolysis) is 1. The molecule has 47 heavy (non-hydrogen) atoms. The lowest BCUT2D eigenvalue weighted by atomic mass is 10.0. The molecule has 1 aromatic carbocycles. The molecule has 12 nitrogen and oxygen atoms in total.